The molecule has 0 saturated carbocycles. The molecule has 33 heavy (non-hydrogen) atoms. The van der Waals surface area contributed by atoms with Crippen LogP contribution in [-0.4, -0.2) is 36.3 Å². The van der Waals surface area contributed by atoms with E-state index in [0.29, 0.717) is 37.7 Å². The van der Waals surface area contributed by atoms with Crippen molar-refractivity contribution in [2.75, 3.05) is 20.8 Å². The van der Waals surface area contributed by atoms with Gasteiger partial charge in [-0.3, -0.25) is 14.3 Å². The zero-order chi connectivity index (χ0) is 23.5. The van der Waals surface area contributed by atoms with Crippen molar-refractivity contribution in [3.8, 4) is 11.5 Å². The van der Waals surface area contributed by atoms with E-state index in [4.69, 9.17) is 14.2 Å². The molecule has 0 amide bonds. The van der Waals surface area contributed by atoms with Crippen molar-refractivity contribution < 1.29 is 19.0 Å². The number of rotatable bonds is 6. The first-order valence-electron chi connectivity index (χ1n) is 10.3. The lowest BCUT2D eigenvalue weighted by Gasteiger charge is -2.26. The van der Waals surface area contributed by atoms with E-state index in [1.165, 1.54) is 23.0 Å². The predicted octanol–water partition coefficient (Wildman–Crippen LogP) is 2.21. The van der Waals surface area contributed by atoms with Crippen molar-refractivity contribution >= 4 is 23.4 Å². The number of fused-ring (bicyclic) bond motifs is 1. The Morgan fingerprint density at radius 1 is 1.24 bits per heavy atom. The monoisotopic (exact) mass is 465 g/mol. The molecule has 4 rings (SSSR count). The molecule has 8 nitrogen and oxygen atoms in total. The highest BCUT2D eigenvalue weighted by Gasteiger charge is 2.35. The smallest absolute Gasteiger partial charge is 0.338 e. The quantitative estimate of drug-likeness (QED) is 0.519. The van der Waals surface area contributed by atoms with Crippen molar-refractivity contribution in [2.24, 2.45) is 4.99 Å². The molecule has 1 atom stereocenters. The molecule has 3 heterocycles. The molecule has 0 bridgehead atoms. The number of thiazole rings is 1. The number of methoxy groups -OCH3 is 2. The van der Waals surface area contributed by atoms with Crippen molar-refractivity contribution in [3.05, 3.63) is 84.8 Å². The predicted molar refractivity (Wildman–Crippen MR) is 124 cm³/mol. The fourth-order valence-corrected chi connectivity index (χ4v) is 4.79. The number of esters is 1. The molecule has 9 heteroatoms. The van der Waals surface area contributed by atoms with Crippen LogP contribution in [0.25, 0.3) is 6.08 Å². The summed E-state index contributed by atoms with van der Waals surface area (Å²) in [4.78, 5) is 35.8. The minimum atomic E-state index is -0.766. The minimum absolute atomic E-state index is 0.202. The Morgan fingerprint density at radius 3 is 2.73 bits per heavy atom. The maximum atomic E-state index is 13.6. The maximum absolute atomic E-state index is 13.6. The molecule has 0 spiro atoms. The fraction of sp³-hybridized carbons (Fsp3) is 0.250. The third kappa shape index (κ3) is 4.19. The molecule has 0 N–H and O–H groups in total. The fourth-order valence-electron chi connectivity index (χ4n) is 3.74. The van der Waals surface area contributed by atoms with Gasteiger partial charge >= 0.3 is 5.97 Å². The first kappa shape index (κ1) is 22.5. The molecule has 1 aliphatic heterocycles. The lowest BCUT2D eigenvalue weighted by molar-refractivity contribution is -0.139. The van der Waals surface area contributed by atoms with Crippen LogP contribution in [0, 0.1) is 0 Å². The maximum Gasteiger partial charge on any atom is 0.338 e. The van der Waals surface area contributed by atoms with Crippen LogP contribution < -0.4 is 24.4 Å². The zero-order valence-corrected chi connectivity index (χ0v) is 19.5. The first-order chi connectivity index (χ1) is 16.0. The zero-order valence-electron chi connectivity index (χ0n) is 18.7. The molecular weight excluding hydrogens is 442 g/mol. The Hall–Kier alpha value is -3.72. The summed E-state index contributed by atoms with van der Waals surface area (Å²) >= 11 is 1.26. The lowest BCUT2D eigenvalue weighted by atomic mass is 9.95. The Bertz CT molecular complexity index is 1410. The second-order valence-electron chi connectivity index (χ2n) is 7.20. The number of benzene rings is 1. The topological polar surface area (TPSA) is 92.0 Å². The number of carbonyl (C=O) groups excluding carboxylic acids is 1. The average Bonchev–Trinajstić information content (AvgIpc) is 3.12. The summed E-state index contributed by atoms with van der Waals surface area (Å²) < 4.78 is 18.3. The second-order valence-corrected chi connectivity index (χ2v) is 8.21. The molecule has 170 valence electrons. The molecule has 0 saturated heterocycles. The summed E-state index contributed by atoms with van der Waals surface area (Å²) in [5, 5.41) is 0. The van der Waals surface area contributed by atoms with Crippen LogP contribution in [0.4, 0.5) is 0 Å². The largest absolute Gasteiger partial charge is 0.497 e. The Balaban J connectivity index is 2.00. The van der Waals surface area contributed by atoms with E-state index in [2.05, 4.69) is 9.98 Å². The number of ether oxygens (including phenoxy) is 3. The van der Waals surface area contributed by atoms with Gasteiger partial charge in [0.15, 0.2) is 4.80 Å². The molecule has 1 aromatic carbocycles. The molecule has 0 unspecified atom stereocenters. The average molecular weight is 466 g/mol. The molecule has 3 aromatic rings. The molecule has 0 fully saturated rings. The molecule has 0 radical (unpaired) electrons. The highest BCUT2D eigenvalue weighted by atomic mass is 32.1. The normalized spacial score (nSPS) is 15.6. The summed E-state index contributed by atoms with van der Waals surface area (Å²) in [6, 6.07) is 8.18. The number of carbonyl (C=O) groups is 1. The number of aromatic nitrogens is 2. The third-order valence-corrected chi connectivity index (χ3v) is 6.22. The second kappa shape index (κ2) is 9.41. The summed E-state index contributed by atoms with van der Waals surface area (Å²) in [5.41, 5.74) is 1.94. The van der Waals surface area contributed by atoms with Gasteiger partial charge in [0.05, 0.1) is 36.6 Å². The molecule has 2 aromatic heterocycles. The van der Waals surface area contributed by atoms with Gasteiger partial charge in [0.2, 0.25) is 0 Å². The van der Waals surface area contributed by atoms with E-state index in [0.717, 1.165) is 5.56 Å². The van der Waals surface area contributed by atoms with Gasteiger partial charge in [0.1, 0.15) is 17.5 Å². The van der Waals surface area contributed by atoms with Gasteiger partial charge in [0.25, 0.3) is 5.56 Å². The van der Waals surface area contributed by atoms with Gasteiger partial charge in [-0.05, 0) is 43.7 Å². The summed E-state index contributed by atoms with van der Waals surface area (Å²) in [6.07, 6.45) is 5.11. The van der Waals surface area contributed by atoms with Crippen LogP contribution in [-0.2, 0) is 9.53 Å². The van der Waals surface area contributed by atoms with Gasteiger partial charge in [-0.25, -0.2) is 9.79 Å². The van der Waals surface area contributed by atoms with E-state index in [1.807, 2.05) is 6.07 Å². The van der Waals surface area contributed by atoms with Gasteiger partial charge in [-0.2, -0.15) is 0 Å². The number of allylic oxidation sites excluding steroid dienone is 1. The van der Waals surface area contributed by atoms with Crippen LogP contribution >= 0.6 is 11.3 Å². The third-order valence-electron chi connectivity index (χ3n) is 5.23. The minimum Gasteiger partial charge on any atom is -0.497 e. The summed E-state index contributed by atoms with van der Waals surface area (Å²) in [5.74, 6) is 0.554. The molecule has 1 aliphatic rings. The highest BCUT2D eigenvalue weighted by molar-refractivity contribution is 7.07. The van der Waals surface area contributed by atoms with E-state index < -0.39 is 12.0 Å². The lowest BCUT2D eigenvalue weighted by Crippen LogP contribution is -2.40. The van der Waals surface area contributed by atoms with Crippen LogP contribution in [0.5, 0.6) is 11.5 Å². The standard InChI is InChI=1S/C24H23N3O5S/c1-5-32-23(29)20-14(2)26-24-27(21(20)17-9-8-16(30-3)12-18(17)31-4)22(28)19(33-24)11-15-7-6-10-25-13-15/h6-13,21H,5H2,1-4H3/b19-11-/t21-/m0/s1. The van der Waals surface area contributed by atoms with Crippen molar-refractivity contribution in [3.63, 3.8) is 0 Å². The Morgan fingerprint density at radius 2 is 2.06 bits per heavy atom. The Labute approximate surface area is 194 Å². The van der Waals surface area contributed by atoms with Crippen molar-refractivity contribution in [2.45, 2.75) is 19.9 Å². The van der Waals surface area contributed by atoms with Gasteiger partial charge in [-0.15, -0.1) is 0 Å². The first-order valence-corrected chi connectivity index (χ1v) is 11.1. The summed E-state index contributed by atoms with van der Waals surface area (Å²) in [6.45, 7) is 3.68. The van der Waals surface area contributed by atoms with Gasteiger partial charge in [-0.1, -0.05) is 17.4 Å². The van der Waals surface area contributed by atoms with E-state index in [1.54, 1.807) is 63.7 Å². The number of hydrogen-bond acceptors (Lipinski definition) is 8. The number of pyridine rings is 1. The molecular formula is C24H23N3O5S. The van der Waals surface area contributed by atoms with Crippen LogP contribution in [0.15, 0.2) is 63.8 Å². The Kier molecular flexibility index (Phi) is 6.41. The molecule has 0 aliphatic carbocycles. The van der Waals surface area contributed by atoms with E-state index >= 15 is 0 Å². The van der Waals surface area contributed by atoms with Crippen molar-refractivity contribution in [1.29, 1.82) is 0 Å². The summed E-state index contributed by atoms with van der Waals surface area (Å²) in [7, 11) is 3.09. The van der Waals surface area contributed by atoms with Crippen LogP contribution in [0.2, 0.25) is 0 Å². The number of hydrogen-bond donors (Lipinski definition) is 0. The van der Waals surface area contributed by atoms with Gasteiger partial charge < -0.3 is 14.2 Å². The van der Waals surface area contributed by atoms with Crippen LogP contribution in [0.1, 0.15) is 31.0 Å². The van der Waals surface area contributed by atoms with Crippen molar-refractivity contribution in [1.82, 2.24) is 9.55 Å². The van der Waals surface area contributed by atoms with Crippen LogP contribution in [0.3, 0.4) is 0 Å². The SMILES string of the molecule is CCOC(=O)C1=C(C)N=c2s/c(=C\c3cccnc3)c(=O)n2[C@H]1c1ccc(OC)cc1OC. The van der Waals surface area contributed by atoms with E-state index in [-0.39, 0.29) is 12.2 Å². The van der Waals surface area contributed by atoms with E-state index in [9.17, 15) is 9.59 Å². The highest BCUT2D eigenvalue weighted by Crippen LogP contribution is 2.37. The number of nitrogens with zero attached hydrogens (tertiary/aromatic N) is 3. The van der Waals surface area contributed by atoms with Gasteiger partial charge in [0, 0.05) is 24.0 Å².